The summed E-state index contributed by atoms with van der Waals surface area (Å²) < 4.78 is 16.5. The molecule has 4 heterocycles. The van der Waals surface area contributed by atoms with Crippen molar-refractivity contribution in [3.63, 3.8) is 0 Å². The Balaban J connectivity index is 0.000000193. The molecule has 4 aliphatic rings. The zero-order valence-electron chi connectivity index (χ0n) is 38.0. The lowest BCUT2D eigenvalue weighted by molar-refractivity contribution is -0.155. The van der Waals surface area contributed by atoms with Gasteiger partial charge in [-0.2, -0.15) is 9.97 Å². The van der Waals surface area contributed by atoms with Gasteiger partial charge in [0.1, 0.15) is 5.60 Å². The fraction of sp³-hybridized carbons (Fsp3) is 0.600. The Morgan fingerprint density at radius 2 is 1.03 bits per heavy atom. The maximum absolute atomic E-state index is 13.0. The monoisotopic (exact) mass is 878 g/mol. The van der Waals surface area contributed by atoms with Crippen molar-refractivity contribution in [2.75, 3.05) is 0 Å². The van der Waals surface area contributed by atoms with Crippen molar-refractivity contribution < 1.29 is 38.1 Å². The summed E-state index contributed by atoms with van der Waals surface area (Å²) in [5, 5.41) is 17.2. The quantitative estimate of drug-likeness (QED) is 0.105. The molecule has 4 aromatic rings. The van der Waals surface area contributed by atoms with E-state index in [-0.39, 0.29) is 60.0 Å². The van der Waals surface area contributed by atoms with Crippen LogP contribution in [0.2, 0.25) is 0 Å². The third-order valence-electron chi connectivity index (χ3n) is 13.3. The molecule has 0 saturated heterocycles. The average molecular weight is 879 g/mol. The molecule has 1 N–H and O–H groups in total. The fourth-order valence-corrected chi connectivity index (χ4v) is 9.89. The standard InChI is InChI=1S/C27H37N3O4.C23H29N3O4/c1-27(2,3)33-23(31)16-20(15-9-12-19-10-5-4-6-11-19)25-28-24(29-34-25)26(32)30-17-21-13-7-8-14-22(21)18-30;27-20(28)13-17(12-6-9-16-7-2-1-3-8-16)22-24-21(25-30-22)23(29)26-14-18-10-4-5-11-19(18)15-26/h7-8,13-14,19-20H,4-6,9-12,15-18H2,1-3H3;4-5,10-11,16-17H,1-3,6-9,12-15H2,(H,27,28)/t20-;17-/m11/s1. The van der Waals surface area contributed by atoms with Gasteiger partial charge in [0.15, 0.2) is 0 Å². The molecule has 2 aromatic carbocycles. The first kappa shape index (κ1) is 46.6. The summed E-state index contributed by atoms with van der Waals surface area (Å²) in [6.07, 6.45) is 18.8. The number of aromatic nitrogens is 4. The van der Waals surface area contributed by atoms with Crippen molar-refractivity contribution >= 4 is 23.8 Å². The average Bonchev–Trinajstić information content (AvgIpc) is 4.12. The number of carboxylic acid groups (broad SMARTS) is 1. The van der Waals surface area contributed by atoms with Gasteiger partial charge in [-0.3, -0.25) is 19.2 Å². The number of fused-ring (bicyclic) bond motifs is 2. The van der Waals surface area contributed by atoms with E-state index < -0.39 is 11.6 Å². The molecule has 64 heavy (non-hydrogen) atoms. The first-order valence-electron chi connectivity index (χ1n) is 23.7. The van der Waals surface area contributed by atoms with Crippen LogP contribution >= 0.6 is 0 Å². The summed E-state index contributed by atoms with van der Waals surface area (Å²) in [5.74, 6) is -0.0788. The second-order valence-electron chi connectivity index (χ2n) is 19.4. The molecule has 2 aromatic heterocycles. The van der Waals surface area contributed by atoms with Crippen LogP contribution in [0.25, 0.3) is 0 Å². The van der Waals surface area contributed by atoms with Crippen LogP contribution in [0.5, 0.6) is 0 Å². The molecular weight excluding hydrogens is 813 g/mol. The zero-order chi connectivity index (χ0) is 45.1. The highest BCUT2D eigenvalue weighted by Gasteiger charge is 2.32. The SMILES string of the molecule is CC(C)(C)OC(=O)C[C@@H](CCCC1CCCCC1)c1nc(C(=O)N2Cc3ccccc3C2)no1.O=C(O)C[C@@H](CCCC1CCCCC1)c1nc(C(=O)N2Cc3ccccc3C2)no1. The van der Waals surface area contributed by atoms with E-state index in [1.165, 1.54) is 64.2 Å². The first-order valence-corrected chi connectivity index (χ1v) is 23.7. The van der Waals surface area contributed by atoms with Crippen LogP contribution in [0.15, 0.2) is 57.6 Å². The van der Waals surface area contributed by atoms with Crippen LogP contribution in [-0.4, -0.2) is 64.5 Å². The van der Waals surface area contributed by atoms with Gasteiger partial charge >= 0.3 is 11.9 Å². The van der Waals surface area contributed by atoms with Crippen LogP contribution in [0, 0.1) is 11.8 Å². The lowest BCUT2D eigenvalue weighted by Crippen LogP contribution is -2.26. The number of hydrogen-bond donors (Lipinski definition) is 1. The molecular formula is C50H66N6O8. The number of ether oxygens (including phenoxy) is 1. The molecule has 2 aliphatic heterocycles. The molecule has 0 unspecified atom stereocenters. The van der Waals surface area contributed by atoms with Gasteiger partial charge in [-0.05, 0) is 67.7 Å². The Labute approximate surface area is 376 Å². The van der Waals surface area contributed by atoms with Crippen LogP contribution in [0.4, 0.5) is 0 Å². The molecule has 8 rings (SSSR count). The number of rotatable bonds is 16. The number of nitrogens with zero attached hydrogens (tertiary/aromatic N) is 6. The summed E-state index contributed by atoms with van der Waals surface area (Å²) >= 11 is 0. The maximum atomic E-state index is 13.0. The summed E-state index contributed by atoms with van der Waals surface area (Å²) in [6, 6.07) is 16.0. The van der Waals surface area contributed by atoms with Gasteiger partial charge in [0.05, 0.1) is 12.8 Å². The summed E-state index contributed by atoms with van der Waals surface area (Å²) in [4.78, 5) is 62.0. The number of carbonyl (C=O) groups is 4. The Morgan fingerprint density at radius 3 is 1.41 bits per heavy atom. The van der Waals surface area contributed by atoms with E-state index in [0.717, 1.165) is 66.2 Å². The van der Waals surface area contributed by atoms with E-state index in [2.05, 4.69) is 20.3 Å². The second-order valence-corrected chi connectivity index (χ2v) is 19.4. The van der Waals surface area contributed by atoms with Crippen molar-refractivity contribution in [3.8, 4) is 0 Å². The third-order valence-corrected chi connectivity index (χ3v) is 13.3. The van der Waals surface area contributed by atoms with Gasteiger partial charge in [-0.15, -0.1) is 0 Å². The van der Waals surface area contributed by atoms with E-state index in [9.17, 15) is 24.3 Å². The van der Waals surface area contributed by atoms with Gasteiger partial charge < -0.3 is 28.7 Å². The van der Waals surface area contributed by atoms with Gasteiger partial charge in [-0.25, -0.2) is 0 Å². The Kier molecular flexibility index (Phi) is 16.0. The Hall–Kier alpha value is -5.40. The smallest absolute Gasteiger partial charge is 0.307 e. The van der Waals surface area contributed by atoms with E-state index >= 15 is 0 Å². The normalized spacial score (nSPS) is 17.5. The molecule has 0 spiro atoms. The topological polar surface area (TPSA) is 182 Å². The largest absolute Gasteiger partial charge is 0.481 e. The first-order chi connectivity index (χ1) is 30.9. The van der Waals surface area contributed by atoms with E-state index in [1.54, 1.807) is 9.80 Å². The van der Waals surface area contributed by atoms with Crippen molar-refractivity contribution in [2.24, 2.45) is 11.8 Å². The third kappa shape index (κ3) is 13.1. The van der Waals surface area contributed by atoms with E-state index in [4.69, 9.17) is 13.8 Å². The number of carboxylic acids is 1. The maximum Gasteiger partial charge on any atom is 0.307 e. The number of carbonyl (C=O) groups excluding carboxylic acids is 3. The van der Waals surface area contributed by atoms with Crippen molar-refractivity contribution in [1.29, 1.82) is 0 Å². The number of aliphatic carboxylic acids is 1. The summed E-state index contributed by atoms with van der Waals surface area (Å²) in [7, 11) is 0. The molecule has 2 fully saturated rings. The lowest BCUT2D eigenvalue weighted by atomic mass is 9.84. The predicted molar refractivity (Wildman–Crippen MR) is 238 cm³/mol. The Morgan fingerprint density at radius 1 is 0.641 bits per heavy atom. The predicted octanol–water partition coefficient (Wildman–Crippen LogP) is 10.3. The van der Waals surface area contributed by atoms with Crippen molar-refractivity contribution in [3.05, 3.63) is 94.2 Å². The van der Waals surface area contributed by atoms with Gasteiger partial charge in [0.2, 0.25) is 11.8 Å². The number of esters is 1. The molecule has 2 saturated carbocycles. The molecule has 2 atom stereocenters. The minimum Gasteiger partial charge on any atom is -0.481 e. The molecule has 2 aliphatic carbocycles. The fourth-order valence-electron chi connectivity index (χ4n) is 9.89. The summed E-state index contributed by atoms with van der Waals surface area (Å²) in [5.41, 5.74) is 3.99. The minimum absolute atomic E-state index is 0.0143. The second kappa shape index (κ2) is 22.0. The highest BCUT2D eigenvalue weighted by Crippen LogP contribution is 2.34. The lowest BCUT2D eigenvalue weighted by Gasteiger charge is -2.23. The van der Waals surface area contributed by atoms with E-state index in [1.807, 2.05) is 69.3 Å². The Bertz CT molecular complexity index is 2130. The minimum atomic E-state index is -0.890. The van der Waals surface area contributed by atoms with Gasteiger partial charge in [0, 0.05) is 38.0 Å². The van der Waals surface area contributed by atoms with Crippen LogP contribution in [0.3, 0.4) is 0 Å². The van der Waals surface area contributed by atoms with Crippen LogP contribution in [-0.2, 0) is 40.5 Å². The number of hydrogen-bond acceptors (Lipinski definition) is 11. The van der Waals surface area contributed by atoms with Crippen molar-refractivity contribution in [2.45, 2.75) is 180 Å². The zero-order valence-corrected chi connectivity index (χ0v) is 38.0. The molecule has 2 amide bonds. The number of amides is 2. The highest BCUT2D eigenvalue weighted by molar-refractivity contribution is 5.91. The van der Waals surface area contributed by atoms with Crippen molar-refractivity contribution in [1.82, 2.24) is 30.1 Å². The summed E-state index contributed by atoms with van der Waals surface area (Å²) in [6.45, 7) is 7.72. The number of benzene rings is 2. The molecule has 344 valence electrons. The molecule has 14 nitrogen and oxygen atoms in total. The molecule has 14 heteroatoms. The van der Waals surface area contributed by atoms with Gasteiger partial charge in [-0.1, -0.05) is 149 Å². The highest BCUT2D eigenvalue weighted by atomic mass is 16.6. The van der Waals surface area contributed by atoms with Crippen LogP contribution < -0.4 is 0 Å². The molecule has 0 radical (unpaired) electrons. The van der Waals surface area contributed by atoms with Gasteiger partial charge in [0.25, 0.3) is 23.5 Å². The van der Waals surface area contributed by atoms with E-state index in [0.29, 0.717) is 38.5 Å². The molecule has 0 bridgehead atoms. The van der Waals surface area contributed by atoms with Crippen LogP contribution in [0.1, 0.15) is 203 Å².